The van der Waals surface area contributed by atoms with Gasteiger partial charge in [-0.05, 0) is 13.0 Å². The maximum Gasteiger partial charge on any atom is 0.0631 e. The first kappa shape index (κ1) is 7.41. The quantitative estimate of drug-likeness (QED) is 0.652. The fourth-order valence-corrected chi connectivity index (χ4v) is 1.50. The van der Waals surface area contributed by atoms with Gasteiger partial charge in [0.2, 0.25) is 0 Å². The zero-order chi connectivity index (χ0) is 8.39. The lowest BCUT2D eigenvalue weighted by molar-refractivity contribution is 0.772. The van der Waals surface area contributed by atoms with Crippen LogP contribution in [0.2, 0.25) is 0 Å². The van der Waals surface area contributed by atoms with Gasteiger partial charge in [0.1, 0.15) is 0 Å². The van der Waals surface area contributed by atoms with Crippen molar-refractivity contribution in [1.82, 2.24) is 5.32 Å². The predicted octanol–water partition coefficient (Wildman–Crippen LogP) is 2.30. The SMILES string of the molecule is CC1=CC=C(NC2C=CC=C2)C1. The van der Waals surface area contributed by atoms with Crippen molar-refractivity contribution in [2.75, 3.05) is 0 Å². The number of hydrogen-bond acceptors (Lipinski definition) is 1. The van der Waals surface area contributed by atoms with Crippen LogP contribution in [0.5, 0.6) is 0 Å². The molecule has 0 aromatic heterocycles. The minimum Gasteiger partial charge on any atom is -0.378 e. The van der Waals surface area contributed by atoms with E-state index in [1.807, 2.05) is 0 Å². The summed E-state index contributed by atoms with van der Waals surface area (Å²) in [5.74, 6) is 0. The van der Waals surface area contributed by atoms with Crippen LogP contribution in [0, 0.1) is 0 Å². The Labute approximate surface area is 73.2 Å². The topological polar surface area (TPSA) is 12.0 Å². The van der Waals surface area contributed by atoms with Gasteiger partial charge in [0, 0.05) is 12.1 Å². The van der Waals surface area contributed by atoms with Crippen molar-refractivity contribution in [2.24, 2.45) is 0 Å². The molecule has 0 saturated heterocycles. The van der Waals surface area contributed by atoms with Gasteiger partial charge in [0.25, 0.3) is 0 Å². The monoisotopic (exact) mass is 159 g/mol. The van der Waals surface area contributed by atoms with Gasteiger partial charge < -0.3 is 5.32 Å². The summed E-state index contributed by atoms with van der Waals surface area (Å²) in [6, 6.07) is 0.413. The average molecular weight is 159 g/mol. The Morgan fingerprint density at radius 2 is 2.00 bits per heavy atom. The van der Waals surface area contributed by atoms with E-state index < -0.39 is 0 Å². The number of nitrogens with one attached hydrogen (secondary N) is 1. The molecule has 62 valence electrons. The highest BCUT2D eigenvalue weighted by Crippen LogP contribution is 2.16. The lowest BCUT2D eigenvalue weighted by Gasteiger charge is -2.11. The Balaban J connectivity index is 1.90. The van der Waals surface area contributed by atoms with E-state index in [1.165, 1.54) is 11.3 Å². The van der Waals surface area contributed by atoms with Crippen molar-refractivity contribution in [1.29, 1.82) is 0 Å². The van der Waals surface area contributed by atoms with Crippen LogP contribution in [0.3, 0.4) is 0 Å². The van der Waals surface area contributed by atoms with Gasteiger partial charge in [-0.3, -0.25) is 0 Å². The van der Waals surface area contributed by atoms with E-state index in [1.54, 1.807) is 0 Å². The van der Waals surface area contributed by atoms with E-state index in [0.717, 1.165) is 6.42 Å². The van der Waals surface area contributed by atoms with Crippen LogP contribution >= 0.6 is 0 Å². The average Bonchev–Trinajstić information content (AvgIpc) is 2.63. The Morgan fingerprint density at radius 3 is 2.58 bits per heavy atom. The standard InChI is InChI=1S/C11H13N/c1-9-6-7-11(8-9)12-10-4-2-3-5-10/h2-7,10,12H,8H2,1H3. The van der Waals surface area contributed by atoms with Crippen molar-refractivity contribution < 1.29 is 0 Å². The molecular weight excluding hydrogens is 146 g/mol. The molecule has 2 rings (SSSR count). The highest BCUT2D eigenvalue weighted by molar-refractivity contribution is 5.31. The molecule has 0 bridgehead atoms. The van der Waals surface area contributed by atoms with Gasteiger partial charge in [-0.2, -0.15) is 0 Å². The molecule has 2 aliphatic rings. The lowest BCUT2D eigenvalue weighted by Crippen LogP contribution is -2.22. The van der Waals surface area contributed by atoms with Gasteiger partial charge in [-0.15, -0.1) is 0 Å². The van der Waals surface area contributed by atoms with Crippen molar-refractivity contribution in [3.63, 3.8) is 0 Å². The summed E-state index contributed by atoms with van der Waals surface area (Å²) in [4.78, 5) is 0. The van der Waals surface area contributed by atoms with Crippen LogP contribution in [0.25, 0.3) is 0 Å². The number of allylic oxidation sites excluding steroid dienone is 5. The van der Waals surface area contributed by atoms with Crippen LogP contribution in [-0.2, 0) is 0 Å². The third-order valence-electron chi connectivity index (χ3n) is 2.14. The van der Waals surface area contributed by atoms with Crippen molar-refractivity contribution in [3.05, 3.63) is 47.7 Å². The fourth-order valence-electron chi connectivity index (χ4n) is 1.50. The zero-order valence-corrected chi connectivity index (χ0v) is 7.25. The van der Waals surface area contributed by atoms with Crippen molar-refractivity contribution in [3.8, 4) is 0 Å². The molecule has 0 amide bonds. The van der Waals surface area contributed by atoms with Crippen LogP contribution in [-0.4, -0.2) is 6.04 Å². The molecule has 0 aliphatic heterocycles. The smallest absolute Gasteiger partial charge is 0.0631 e. The molecule has 0 atom stereocenters. The second-order valence-corrected chi connectivity index (χ2v) is 3.32. The molecule has 0 saturated carbocycles. The summed E-state index contributed by atoms with van der Waals surface area (Å²) in [6.45, 7) is 2.16. The van der Waals surface area contributed by atoms with Crippen LogP contribution in [0.15, 0.2) is 47.7 Å². The van der Waals surface area contributed by atoms with E-state index in [4.69, 9.17) is 0 Å². The normalized spacial score (nSPS) is 21.4. The summed E-state index contributed by atoms with van der Waals surface area (Å²) in [5, 5.41) is 3.44. The molecular formula is C11H13N. The van der Waals surface area contributed by atoms with Crippen molar-refractivity contribution in [2.45, 2.75) is 19.4 Å². The van der Waals surface area contributed by atoms with Crippen LogP contribution in [0.1, 0.15) is 13.3 Å². The summed E-state index contributed by atoms with van der Waals surface area (Å²) in [6.07, 6.45) is 13.9. The number of rotatable bonds is 2. The number of hydrogen-bond donors (Lipinski definition) is 1. The maximum absolute atomic E-state index is 3.44. The molecule has 12 heavy (non-hydrogen) atoms. The van der Waals surface area contributed by atoms with E-state index in [0.29, 0.717) is 6.04 Å². The van der Waals surface area contributed by atoms with Gasteiger partial charge in [0.15, 0.2) is 0 Å². The molecule has 0 fully saturated rings. The largest absolute Gasteiger partial charge is 0.378 e. The Hall–Kier alpha value is -1.24. The van der Waals surface area contributed by atoms with Gasteiger partial charge in [-0.1, -0.05) is 36.0 Å². The van der Waals surface area contributed by atoms with Gasteiger partial charge in [0.05, 0.1) is 6.04 Å². The predicted molar refractivity (Wildman–Crippen MR) is 51.7 cm³/mol. The first-order valence-electron chi connectivity index (χ1n) is 4.32. The molecule has 1 nitrogen and oxygen atoms in total. The summed E-state index contributed by atoms with van der Waals surface area (Å²) in [7, 11) is 0. The van der Waals surface area contributed by atoms with E-state index in [9.17, 15) is 0 Å². The maximum atomic E-state index is 3.44. The summed E-state index contributed by atoms with van der Waals surface area (Å²) in [5.41, 5.74) is 2.76. The minimum atomic E-state index is 0.413. The second kappa shape index (κ2) is 3.02. The second-order valence-electron chi connectivity index (χ2n) is 3.32. The molecule has 0 spiro atoms. The van der Waals surface area contributed by atoms with Gasteiger partial charge >= 0.3 is 0 Å². The zero-order valence-electron chi connectivity index (χ0n) is 7.25. The Kier molecular flexibility index (Phi) is 1.86. The Morgan fingerprint density at radius 1 is 1.25 bits per heavy atom. The van der Waals surface area contributed by atoms with E-state index >= 15 is 0 Å². The van der Waals surface area contributed by atoms with Crippen LogP contribution < -0.4 is 5.32 Å². The summed E-state index contributed by atoms with van der Waals surface area (Å²) < 4.78 is 0. The Bertz CT molecular complexity index is 280. The molecule has 0 heterocycles. The highest BCUT2D eigenvalue weighted by atomic mass is 14.9. The molecule has 1 heteroatoms. The van der Waals surface area contributed by atoms with Gasteiger partial charge in [-0.25, -0.2) is 0 Å². The molecule has 2 aliphatic carbocycles. The highest BCUT2D eigenvalue weighted by Gasteiger charge is 2.08. The lowest BCUT2D eigenvalue weighted by atomic mass is 10.2. The first-order chi connectivity index (χ1) is 5.84. The molecule has 1 N–H and O–H groups in total. The first-order valence-corrected chi connectivity index (χ1v) is 4.32. The molecule has 0 radical (unpaired) electrons. The van der Waals surface area contributed by atoms with Crippen LogP contribution in [0.4, 0.5) is 0 Å². The molecule has 0 aromatic carbocycles. The third kappa shape index (κ3) is 1.50. The minimum absolute atomic E-state index is 0.413. The summed E-state index contributed by atoms with van der Waals surface area (Å²) >= 11 is 0. The fraction of sp³-hybridized carbons (Fsp3) is 0.273. The third-order valence-corrected chi connectivity index (χ3v) is 2.14. The van der Waals surface area contributed by atoms with E-state index in [2.05, 4.69) is 48.7 Å². The molecule has 0 unspecified atom stereocenters. The van der Waals surface area contributed by atoms with Crippen molar-refractivity contribution >= 4 is 0 Å². The van der Waals surface area contributed by atoms with E-state index in [-0.39, 0.29) is 0 Å². The molecule has 0 aromatic rings.